The second-order valence-electron chi connectivity index (χ2n) is 6.75. The number of aromatic amines is 1. The van der Waals surface area contributed by atoms with Crippen molar-refractivity contribution in [2.45, 2.75) is 12.2 Å². The zero-order valence-corrected chi connectivity index (χ0v) is 16.3. The first kappa shape index (κ1) is 21.6. The van der Waals surface area contributed by atoms with Crippen LogP contribution in [0.4, 0.5) is 18.9 Å². The molecule has 0 saturated carbocycles. The van der Waals surface area contributed by atoms with Gasteiger partial charge in [0.05, 0.1) is 37.3 Å². The molecule has 0 fully saturated rings. The second kappa shape index (κ2) is 8.72. The topological polar surface area (TPSA) is 90.5 Å². The van der Waals surface area contributed by atoms with Crippen molar-refractivity contribution in [2.24, 2.45) is 0 Å². The van der Waals surface area contributed by atoms with Crippen molar-refractivity contribution in [3.05, 3.63) is 53.9 Å². The smallest absolute Gasteiger partial charge is 0.449 e. The van der Waals surface area contributed by atoms with Crippen LogP contribution < -0.4 is 10.1 Å². The minimum Gasteiger partial charge on any atom is -0.497 e. The van der Waals surface area contributed by atoms with E-state index in [1.807, 2.05) is 0 Å². The van der Waals surface area contributed by atoms with Crippen LogP contribution >= 0.6 is 0 Å². The lowest BCUT2D eigenvalue weighted by atomic mass is 10.1. The number of ether oxygens (including phenoxy) is 1. The maximum Gasteiger partial charge on any atom is 0.449 e. The second-order valence-corrected chi connectivity index (χ2v) is 6.75. The van der Waals surface area contributed by atoms with Gasteiger partial charge >= 0.3 is 6.18 Å². The number of anilines is 1. The number of aromatic nitrogens is 2. The highest BCUT2D eigenvalue weighted by atomic mass is 19.4. The molecule has 0 saturated heterocycles. The van der Waals surface area contributed by atoms with E-state index in [2.05, 4.69) is 15.3 Å². The summed E-state index contributed by atoms with van der Waals surface area (Å²) in [5.74, 6) is -0.788. The lowest BCUT2D eigenvalue weighted by Gasteiger charge is -2.26. The van der Waals surface area contributed by atoms with Crippen LogP contribution in [0.25, 0.3) is 11.0 Å². The van der Waals surface area contributed by atoms with Gasteiger partial charge in [0.1, 0.15) is 5.75 Å². The van der Waals surface area contributed by atoms with E-state index in [-0.39, 0.29) is 30.1 Å². The summed E-state index contributed by atoms with van der Waals surface area (Å²) in [6, 6.07) is 11.0. The number of fused-ring (bicyclic) bond motifs is 1. The molecule has 3 aromatic rings. The molecule has 0 spiro atoms. The minimum absolute atomic E-state index is 0.0356. The summed E-state index contributed by atoms with van der Waals surface area (Å²) in [5, 5.41) is 12.4. The molecule has 160 valence electrons. The summed E-state index contributed by atoms with van der Waals surface area (Å²) < 4.78 is 43.4. The average Bonchev–Trinajstić information content (AvgIpc) is 3.13. The van der Waals surface area contributed by atoms with Crippen LogP contribution in [0.3, 0.4) is 0 Å². The first-order valence-electron chi connectivity index (χ1n) is 9.03. The molecule has 1 amide bonds. The number of imidazole rings is 1. The molecule has 7 nitrogen and oxygen atoms in total. The fourth-order valence-electron chi connectivity index (χ4n) is 3.08. The molecular formula is C20H21F3N4O3. The summed E-state index contributed by atoms with van der Waals surface area (Å²) in [6.45, 7) is -0.234. The van der Waals surface area contributed by atoms with Crippen molar-refractivity contribution in [3.63, 3.8) is 0 Å². The lowest BCUT2D eigenvalue weighted by Crippen LogP contribution is -2.34. The number of carbonyl (C=O) groups excluding carboxylic acids is 1. The number of hydrogen-bond acceptors (Lipinski definition) is 5. The average molecular weight is 422 g/mol. The minimum atomic E-state index is -4.58. The number of alkyl halides is 3. The first-order valence-corrected chi connectivity index (χ1v) is 9.03. The highest BCUT2D eigenvalue weighted by Crippen LogP contribution is 2.29. The molecule has 1 heterocycles. The summed E-state index contributed by atoms with van der Waals surface area (Å²) in [4.78, 5) is 19.8. The van der Waals surface area contributed by atoms with Crippen LogP contribution in [0.2, 0.25) is 0 Å². The number of rotatable bonds is 7. The molecule has 1 unspecified atom stereocenters. The van der Waals surface area contributed by atoms with Crippen molar-refractivity contribution in [1.29, 1.82) is 0 Å². The zero-order chi connectivity index (χ0) is 21.9. The summed E-state index contributed by atoms with van der Waals surface area (Å²) in [6.07, 6.45) is -4.58. The van der Waals surface area contributed by atoms with E-state index in [4.69, 9.17) is 4.74 Å². The van der Waals surface area contributed by atoms with Gasteiger partial charge in [-0.1, -0.05) is 12.1 Å². The van der Waals surface area contributed by atoms with E-state index in [0.717, 1.165) is 5.56 Å². The Balaban J connectivity index is 1.67. The number of hydrogen-bond donors (Lipinski definition) is 3. The molecule has 3 rings (SSSR count). The van der Waals surface area contributed by atoms with Gasteiger partial charge in [-0.25, -0.2) is 4.98 Å². The number of nitrogens with one attached hydrogen (secondary N) is 2. The van der Waals surface area contributed by atoms with Crippen molar-refractivity contribution < 1.29 is 27.8 Å². The Morgan fingerprint density at radius 2 is 1.97 bits per heavy atom. The third-order valence-corrected chi connectivity index (χ3v) is 4.63. The van der Waals surface area contributed by atoms with Crippen molar-refractivity contribution in [3.8, 4) is 5.75 Å². The monoisotopic (exact) mass is 422 g/mol. The van der Waals surface area contributed by atoms with Crippen LogP contribution in [-0.2, 0) is 11.0 Å². The van der Waals surface area contributed by atoms with Gasteiger partial charge in [0.2, 0.25) is 11.7 Å². The van der Waals surface area contributed by atoms with E-state index in [1.54, 1.807) is 43.3 Å². The Labute approximate surface area is 170 Å². The van der Waals surface area contributed by atoms with Gasteiger partial charge in [-0.15, -0.1) is 0 Å². The Morgan fingerprint density at radius 3 is 2.57 bits per heavy atom. The molecule has 0 bridgehead atoms. The third-order valence-electron chi connectivity index (χ3n) is 4.63. The van der Waals surface area contributed by atoms with E-state index in [9.17, 15) is 23.1 Å². The lowest BCUT2D eigenvalue weighted by molar-refractivity contribution is -0.144. The Morgan fingerprint density at radius 1 is 1.27 bits per heavy atom. The quantitative estimate of drug-likeness (QED) is 0.544. The van der Waals surface area contributed by atoms with Gasteiger partial charge in [0, 0.05) is 5.69 Å². The van der Waals surface area contributed by atoms with Gasteiger partial charge in [0.25, 0.3) is 0 Å². The predicted molar refractivity (Wildman–Crippen MR) is 105 cm³/mol. The summed E-state index contributed by atoms with van der Waals surface area (Å²) in [7, 11) is 3.25. The van der Waals surface area contributed by atoms with Crippen LogP contribution in [-0.4, -0.2) is 53.2 Å². The van der Waals surface area contributed by atoms with Crippen LogP contribution in [0.5, 0.6) is 5.75 Å². The number of likely N-dealkylation sites (N-methyl/N-ethyl adjacent to an activating group) is 1. The molecule has 0 radical (unpaired) electrons. The van der Waals surface area contributed by atoms with Crippen molar-refractivity contribution in [1.82, 2.24) is 14.9 Å². The van der Waals surface area contributed by atoms with Gasteiger partial charge in [-0.3, -0.25) is 9.69 Å². The molecule has 10 heteroatoms. The fourth-order valence-corrected chi connectivity index (χ4v) is 3.08. The third kappa shape index (κ3) is 4.89. The largest absolute Gasteiger partial charge is 0.497 e. The van der Waals surface area contributed by atoms with Crippen LogP contribution in [0, 0.1) is 0 Å². The number of H-pyrrole nitrogens is 1. The molecule has 0 aliphatic carbocycles. The predicted octanol–water partition coefficient (Wildman–Crippen LogP) is 3.19. The number of nitrogens with zero attached hydrogens (tertiary/aromatic N) is 2. The molecule has 1 aromatic heterocycles. The first-order chi connectivity index (χ1) is 14.2. The molecule has 0 aliphatic rings. The van der Waals surface area contributed by atoms with Crippen LogP contribution in [0.1, 0.15) is 17.4 Å². The fraction of sp³-hybridized carbons (Fsp3) is 0.300. The maximum atomic E-state index is 12.8. The maximum absolute atomic E-state index is 12.8. The summed E-state index contributed by atoms with van der Waals surface area (Å²) >= 11 is 0. The normalized spacial score (nSPS) is 12.9. The van der Waals surface area contributed by atoms with Gasteiger partial charge in [-0.05, 0) is 42.9 Å². The Kier molecular flexibility index (Phi) is 6.28. The highest BCUT2D eigenvalue weighted by molar-refractivity contribution is 5.94. The standard InChI is InChI=1S/C20H21F3N4O3/c1-27(17(11-28)12-3-6-14(30-2)7-4-12)10-18(29)24-13-5-8-15-16(9-13)26-19(25-15)20(21,22)23/h3-9,17,28H,10-11H2,1-2H3,(H,24,29)(H,25,26). The van der Waals surface area contributed by atoms with Gasteiger partial charge in [0.15, 0.2) is 0 Å². The van der Waals surface area contributed by atoms with Crippen LogP contribution in [0.15, 0.2) is 42.5 Å². The molecule has 0 aliphatic heterocycles. The van der Waals surface area contributed by atoms with Crippen molar-refractivity contribution in [2.75, 3.05) is 32.6 Å². The number of aliphatic hydroxyl groups is 1. The van der Waals surface area contributed by atoms with E-state index in [1.165, 1.54) is 18.2 Å². The number of benzene rings is 2. The molecule has 1 atom stereocenters. The number of halogens is 3. The SMILES string of the molecule is COc1ccc(C(CO)N(C)CC(=O)Nc2ccc3nc(C(F)(F)F)[nH]c3c2)cc1. The number of amides is 1. The van der Waals surface area contributed by atoms with Gasteiger partial charge < -0.3 is 20.1 Å². The summed E-state index contributed by atoms with van der Waals surface area (Å²) in [5.41, 5.74) is 1.47. The van der Waals surface area contributed by atoms with E-state index in [0.29, 0.717) is 11.4 Å². The van der Waals surface area contributed by atoms with E-state index >= 15 is 0 Å². The van der Waals surface area contributed by atoms with E-state index < -0.39 is 18.0 Å². The Bertz CT molecular complexity index is 1020. The Hall–Kier alpha value is -3.11. The van der Waals surface area contributed by atoms with Gasteiger partial charge in [-0.2, -0.15) is 13.2 Å². The molecular weight excluding hydrogens is 401 g/mol. The number of methoxy groups -OCH3 is 1. The number of carbonyl (C=O) groups is 1. The highest BCUT2D eigenvalue weighted by Gasteiger charge is 2.34. The zero-order valence-electron chi connectivity index (χ0n) is 16.3. The molecule has 3 N–H and O–H groups in total. The molecule has 30 heavy (non-hydrogen) atoms. The number of aliphatic hydroxyl groups excluding tert-OH is 1. The molecule has 2 aromatic carbocycles. The van der Waals surface area contributed by atoms with Crippen molar-refractivity contribution >= 4 is 22.6 Å².